The number of carbonyl (C=O) groups is 1. The molecule has 36 heavy (non-hydrogen) atoms. The fourth-order valence-electron chi connectivity index (χ4n) is 9.56. The highest BCUT2D eigenvalue weighted by atomic mass is 35.5. The minimum Gasteiger partial charge on any atom is -0.390 e. The molecule has 0 saturated heterocycles. The SMILES string of the molecule is COCC12CCC(C)(O)CC1CCC1C3CCC(C(=O)Cn4nc5ccc(Cl)cc5n4)C3(C)CCC12. The van der Waals surface area contributed by atoms with Gasteiger partial charge in [0.05, 0.1) is 12.2 Å². The smallest absolute Gasteiger partial charge is 0.159 e. The molecule has 1 N–H and O–H groups in total. The van der Waals surface area contributed by atoms with Gasteiger partial charge in [-0.05, 0) is 117 Å². The van der Waals surface area contributed by atoms with Gasteiger partial charge in [0.1, 0.15) is 17.6 Å². The Kier molecular flexibility index (Phi) is 6.05. The van der Waals surface area contributed by atoms with Crippen molar-refractivity contribution in [1.29, 1.82) is 0 Å². The molecule has 6 rings (SSSR count). The van der Waals surface area contributed by atoms with E-state index in [0.717, 1.165) is 56.2 Å². The van der Waals surface area contributed by atoms with E-state index < -0.39 is 5.60 Å². The molecule has 7 heteroatoms. The molecule has 1 aromatic carbocycles. The molecule has 8 unspecified atom stereocenters. The summed E-state index contributed by atoms with van der Waals surface area (Å²) < 4.78 is 5.89. The van der Waals surface area contributed by atoms with E-state index in [2.05, 4.69) is 17.1 Å². The van der Waals surface area contributed by atoms with Crippen LogP contribution in [0.3, 0.4) is 0 Å². The third-order valence-corrected chi connectivity index (χ3v) is 11.4. The third-order valence-electron chi connectivity index (χ3n) is 11.1. The average Bonchev–Trinajstić information content (AvgIpc) is 3.38. The summed E-state index contributed by atoms with van der Waals surface area (Å²) in [5, 5.41) is 20.6. The number of aromatic nitrogens is 3. The quantitative estimate of drug-likeness (QED) is 0.555. The number of fused-ring (bicyclic) bond motifs is 6. The summed E-state index contributed by atoms with van der Waals surface area (Å²) in [6.07, 6.45) is 9.64. The largest absolute Gasteiger partial charge is 0.390 e. The number of benzene rings is 1. The number of hydrogen-bond donors (Lipinski definition) is 1. The summed E-state index contributed by atoms with van der Waals surface area (Å²) in [5.41, 5.74) is 1.20. The predicted molar refractivity (Wildman–Crippen MR) is 140 cm³/mol. The van der Waals surface area contributed by atoms with Crippen LogP contribution in [0.5, 0.6) is 0 Å². The van der Waals surface area contributed by atoms with Crippen molar-refractivity contribution in [3.63, 3.8) is 0 Å². The van der Waals surface area contributed by atoms with Gasteiger partial charge in [-0.25, -0.2) is 0 Å². The number of ether oxygens (including phenoxy) is 1. The van der Waals surface area contributed by atoms with Gasteiger partial charge in [0.25, 0.3) is 0 Å². The molecule has 4 fully saturated rings. The predicted octanol–water partition coefficient (Wildman–Crippen LogP) is 5.69. The van der Waals surface area contributed by atoms with E-state index in [4.69, 9.17) is 16.3 Å². The first-order valence-corrected chi connectivity index (χ1v) is 14.3. The fourth-order valence-corrected chi connectivity index (χ4v) is 9.73. The van der Waals surface area contributed by atoms with Crippen molar-refractivity contribution in [2.75, 3.05) is 13.7 Å². The van der Waals surface area contributed by atoms with Gasteiger partial charge < -0.3 is 9.84 Å². The molecule has 0 bridgehead atoms. The minimum absolute atomic E-state index is 0.0510. The van der Waals surface area contributed by atoms with Crippen LogP contribution in [-0.4, -0.2) is 45.2 Å². The highest BCUT2D eigenvalue weighted by Crippen LogP contribution is 2.68. The van der Waals surface area contributed by atoms with Crippen molar-refractivity contribution in [3.05, 3.63) is 23.2 Å². The first-order valence-electron chi connectivity index (χ1n) is 13.9. The zero-order valence-corrected chi connectivity index (χ0v) is 22.6. The zero-order valence-electron chi connectivity index (χ0n) is 21.9. The number of hydrogen-bond acceptors (Lipinski definition) is 5. The molecule has 0 aliphatic heterocycles. The van der Waals surface area contributed by atoms with Gasteiger partial charge in [-0.2, -0.15) is 15.0 Å². The molecule has 4 aliphatic carbocycles. The van der Waals surface area contributed by atoms with Crippen molar-refractivity contribution in [2.24, 2.45) is 40.4 Å². The van der Waals surface area contributed by atoms with Crippen LogP contribution >= 0.6 is 11.6 Å². The lowest BCUT2D eigenvalue weighted by molar-refractivity contribution is -0.175. The average molecular weight is 514 g/mol. The van der Waals surface area contributed by atoms with Gasteiger partial charge in [0.15, 0.2) is 5.78 Å². The van der Waals surface area contributed by atoms with Crippen LogP contribution in [0.15, 0.2) is 18.2 Å². The van der Waals surface area contributed by atoms with E-state index >= 15 is 0 Å². The van der Waals surface area contributed by atoms with Crippen molar-refractivity contribution in [2.45, 2.75) is 83.8 Å². The Morgan fingerprint density at radius 2 is 1.89 bits per heavy atom. The highest BCUT2D eigenvalue weighted by Gasteiger charge is 2.63. The summed E-state index contributed by atoms with van der Waals surface area (Å²) in [6.45, 7) is 5.46. The van der Waals surface area contributed by atoms with Crippen LogP contribution in [0.1, 0.15) is 71.6 Å². The first-order chi connectivity index (χ1) is 17.1. The van der Waals surface area contributed by atoms with Crippen LogP contribution < -0.4 is 0 Å². The summed E-state index contributed by atoms with van der Waals surface area (Å²) in [7, 11) is 1.85. The Balaban J connectivity index is 1.22. The van der Waals surface area contributed by atoms with Crippen LogP contribution in [0.4, 0.5) is 0 Å². The maximum absolute atomic E-state index is 13.7. The lowest BCUT2D eigenvalue weighted by Gasteiger charge is -2.62. The zero-order chi connectivity index (χ0) is 25.3. The highest BCUT2D eigenvalue weighted by molar-refractivity contribution is 6.31. The Labute approximate surface area is 219 Å². The molecular weight excluding hydrogens is 474 g/mol. The number of methoxy groups -OCH3 is 1. The van der Waals surface area contributed by atoms with Crippen molar-refractivity contribution >= 4 is 28.4 Å². The number of rotatable bonds is 5. The summed E-state index contributed by atoms with van der Waals surface area (Å²) >= 11 is 6.11. The van der Waals surface area contributed by atoms with Crippen molar-refractivity contribution in [3.8, 4) is 0 Å². The number of aliphatic hydroxyl groups is 1. The summed E-state index contributed by atoms with van der Waals surface area (Å²) in [5.74, 6) is 2.78. The van der Waals surface area contributed by atoms with Gasteiger partial charge in [-0.1, -0.05) is 18.5 Å². The number of carbonyl (C=O) groups excluding carboxylic acids is 1. The lowest BCUT2D eigenvalue weighted by Crippen LogP contribution is -2.58. The molecule has 0 spiro atoms. The fraction of sp³-hybridized carbons (Fsp3) is 0.759. The number of Topliss-reactive ketones (excluding diaryl/α,β-unsaturated/α-hetero) is 1. The summed E-state index contributed by atoms with van der Waals surface area (Å²) in [6, 6.07) is 5.47. The topological polar surface area (TPSA) is 77.2 Å². The van der Waals surface area contributed by atoms with E-state index in [1.54, 1.807) is 10.9 Å². The number of nitrogens with zero attached hydrogens (tertiary/aromatic N) is 3. The molecule has 4 saturated carbocycles. The normalized spacial score (nSPS) is 42.1. The molecule has 4 aliphatic rings. The molecule has 0 radical (unpaired) electrons. The van der Waals surface area contributed by atoms with Crippen molar-refractivity contribution < 1.29 is 14.6 Å². The van der Waals surface area contributed by atoms with E-state index in [1.807, 2.05) is 26.2 Å². The van der Waals surface area contributed by atoms with E-state index in [1.165, 1.54) is 19.3 Å². The number of ketones is 1. The van der Waals surface area contributed by atoms with Gasteiger partial charge in [0.2, 0.25) is 0 Å². The van der Waals surface area contributed by atoms with Gasteiger partial charge in [0, 0.05) is 18.1 Å². The summed E-state index contributed by atoms with van der Waals surface area (Å²) in [4.78, 5) is 15.2. The second-order valence-electron chi connectivity index (χ2n) is 13.0. The minimum atomic E-state index is -0.542. The van der Waals surface area contributed by atoms with Crippen LogP contribution in [0, 0.1) is 40.4 Å². The Bertz CT molecular complexity index is 1160. The Morgan fingerprint density at radius 3 is 2.69 bits per heavy atom. The first kappa shape index (κ1) is 24.8. The van der Waals surface area contributed by atoms with Crippen LogP contribution in [0.2, 0.25) is 5.02 Å². The molecule has 0 amide bonds. The number of halogens is 1. The van der Waals surface area contributed by atoms with Gasteiger partial charge >= 0.3 is 0 Å². The Morgan fingerprint density at radius 1 is 1.08 bits per heavy atom. The Hall–Kier alpha value is -1.50. The van der Waals surface area contributed by atoms with Crippen LogP contribution in [-0.2, 0) is 16.1 Å². The molecule has 6 nitrogen and oxygen atoms in total. The van der Waals surface area contributed by atoms with Crippen LogP contribution in [0.25, 0.3) is 11.0 Å². The van der Waals surface area contributed by atoms with Gasteiger partial charge in [-0.3, -0.25) is 4.79 Å². The van der Waals surface area contributed by atoms with Crippen molar-refractivity contribution in [1.82, 2.24) is 15.0 Å². The second-order valence-corrected chi connectivity index (χ2v) is 13.5. The molecule has 1 heterocycles. The molecular formula is C29H40ClN3O3. The molecule has 196 valence electrons. The maximum Gasteiger partial charge on any atom is 0.159 e. The monoisotopic (exact) mass is 513 g/mol. The van der Waals surface area contributed by atoms with E-state index in [9.17, 15) is 9.90 Å². The van der Waals surface area contributed by atoms with E-state index in [-0.39, 0.29) is 29.1 Å². The van der Waals surface area contributed by atoms with Gasteiger partial charge in [-0.15, -0.1) is 0 Å². The molecule has 1 aromatic heterocycles. The van der Waals surface area contributed by atoms with E-state index in [0.29, 0.717) is 28.7 Å². The lowest BCUT2D eigenvalue weighted by atomic mass is 9.43. The second kappa shape index (κ2) is 8.78. The third kappa shape index (κ3) is 3.85. The molecule has 8 atom stereocenters. The molecule has 2 aromatic rings. The maximum atomic E-state index is 13.7. The standard InChI is InChI=1S/C29H40ClN3O3/c1-27(35)12-13-29(17-36-3)18(15-27)4-6-20-21-7-8-23(28(21,2)11-10-22(20)29)26(34)16-33-31-24-9-5-19(30)14-25(24)32-33/h5,9,14,18,20-23,35H,4,6-8,10-13,15-17H2,1-3H3.